The van der Waals surface area contributed by atoms with Crippen LogP contribution in [-0.2, 0) is 0 Å². The molecule has 0 amide bonds. The van der Waals surface area contributed by atoms with Crippen LogP contribution >= 0.6 is 0 Å². The zero-order chi connectivity index (χ0) is 15.9. The highest BCUT2D eigenvalue weighted by atomic mass is 16.5. The minimum absolute atomic E-state index is 0.572. The van der Waals surface area contributed by atoms with Crippen molar-refractivity contribution >= 4 is 17.5 Å². The topological polar surface area (TPSA) is 59.1 Å². The number of hydrogen-bond donors (Lipinski definition) is 2. The molecule has 1 aromatic heterocycles. The average Bonchev–Trinajstić information content (AvgIpc) is 2.47. The third-order valence-electron chi connectivity index (χ3n) is 3.29. The van der Waals surface area contributed by atoms with E-state index in [4.69, 9.17) is 4.74 Å². The molecule has 2 aromatic rings. The summed E-state index contributed by atoms with van der Waals surface area (Å²) < 4.78 is 5.38. The summed E-state index contributed by atoms with van der Waals surface area (Å²) in [6.45, 7) is 7.09. The smallest absolute Gasteiger partial charge is 0.229 e. The highest BCUT2D eigenvalue weighted by molar-refractivity contribution is 5.64. The Morgan fingerprint density at radius 3 is 2.68 bits per heavy atom. The molecule has 0 aliphatic heterocycles. The van der Waals surface area contributed by atoms with E-state index in [2.05, 4.69) is 27.5 Å². The van der Waals surface area contributed by atoms with E-state index in [1.165, 1.54) is 0 Å². The number of benzene rings is 1. The lowest BCUT2D eigenvalue weighted by atomic mass is 10.2. The molecule has 0 fully saturated rings. The van der Waals surface area contributed by atoms with E-state index in [1.54, 1.807) is 7.11 Å². The summed E-state index contributed by atoms with van der Waals surface area (Å²) in [5, 5.41) is 6.58. The Morgan fingerprint density at radius 2 is 1.95 bits per heavy atom. The van der Waals surface area contributed by atoms with Crippen LogP contribution in [0.3, 0.4) is 0 Å². The van der Waals surface area contributed by atoms with Gasteiger partial charge in [-0.25, -0.2) is 4.98 Å². The van der Waals surface area contributed by atoms with Gasteiger partial charge in [0.25, 0.3) is 0 Å². The molecule has 0 unspecified atom stereocenters. The lowest BCUT2D eigenvalue weighted by Gasteiger charge is -2.12. The normalized spacial score (nSPS) is 10.4. The summed E-state index contributed by atoms with van der Waals surface area (Å²) in [4.78, 5) is 8.96. The SMILES string of the molecule is CCCCNc1cc(C)nc(Nc2cc(C)ccc2OC)n1. The zero-order valence-electron chi connectivity index (χ0n) is 13.7. The molecule has 1 aromatic carbocycles. The minimum Gasteiger partial charge on any atom is -0.495 e. The van der Waals surface area contributed by atoms with Crippen molar-refractivity contribution in [2.45, 2.75) is 33.6 Å². The number of aryl methyl sites for hydroxylation is 2. The summed E-state index contributed by atoms with van der Waals surface area (Å²) in [5.74, 6) is 2.19. The van der Waals surface area contributed by atoms with Crippen LogP contribution in [0.5, 0.6) is 5.75 Å². The van der Waals surface area contributed by atoms with Crippen LogP contribution < -0.4 is 15.4 Å². The first-order valence-electron chi connectivity index (χ1n) is 7.63. The molecule has 2 rings (SSSR count). The average molecular weight is 300 g/mol. The molecule has 0 spiro atoms. The Morgan fingerprint density at radius 1 is 1.14 bits per heavy atom. The van der Waals surface area contributed by atoms with Gasteiger partial charge < -0.3 is 15.4 Å². The monoisotopic (exact) mass is 300 g/mol. The van der Waals surface area contributed by atoms with E-state index in [-0.39, 0.29) is 0 Å². The van der Waals surface area contributed by atoms with Gasteiger partial charge in [0.1, 0.15) is 11.6 Å². The Bertz CT molecular complexity index is 628. The van der Waals surface area contributed by atoms with E-state index >= 15 is 0 Å². The highest BCUT2D eigenvalue weighted by Gasteiger charge is 2.07. The third kappa shape index (κ3) is 4.35. The van der Waals surface area contributed by atoms with Gasteiger partial charge in [0, 0.05) is 18.3 Å². The van der Waals surface area contributed by atoms with Crippen molar-refractivity contribution in [2.24, 2.45) is 0 Å². The first-order valence-corrected chi connectivity index (χ1v) is 7.63. The molecule has 0 atom stereocenters. The fourth-order valence-corrected chi connectivity index (χ4v) is 2.15. The fourth-order valence-electron chi connectivity index (χ4n) is 2.15. The van der Waals surface area contributed by atoms with Crippen molar-refractivity contribution in [1.29, 1.82) is 0 Å². The van der Waals surface area contributed by atoms with Gasteiger partial charge in [0.05, 0.1) is 12.8 Å². The number of unbranched alkanes of at least 4 members (excludes halogenated alkanes) is 1. The molecule has 0 saturated carbocycles. The van der Waals surface area contributed by atoms with E-state index in [0.29, 0.717) is 5.95 Å². The van der Waals surface area contributed by atoms with Gasteiger partial charge in [0.2, 0.25) is 5.95 Å². The number of aromatic nitrogens is 2. The number of ether oxygens (including phenoxy) is 1. The number of nitrogens with zero attached hydrogens (tertiary/aromatic N) is 2. The van der Waals surface area contributed by atoms with Gasteiger partial charge in [-0.05, 0) is 38.0 Å². The summed E-state index contributed by atoms with van der Waals surface area (Å²) in [6, 6.07) is 7.93. The molecule has 0 saturated heterocycles. The lowest BCUT2D eigenvalue weighted by Crippen LogP contribution is -2.07. The van der Waals surface area contributed by atoms with E-state index in [0.717, 1.165) is 47.9 Å². The first-order chi connectivity index (χ1) is 10.6. The Balaban J connectivity index is 2.20. The lowest BCUT2D eigenvalue weighted by molar-refractivity contribution is 0.416. The molecule has 0 aliphatic carbocycles. The Hall–Kier alpha value is -2.30. The quantitative estimate of drug-likeness (QED) is 0.755. The second-order valence-corrected chi connectivity index (χ2v) is 5.33. The maximum atomic E-state index is 5.38. The van der Waals surface area contributed by atoms with Crippen LogP contribution in [0.2, 0.25) is 0 Å². The van der Waals surface area contributed by atoms with Crippen molar-refractivity contribution in [3.8, 4) is 5.75 Å². The predicted octanol–water partition coefficient (Wildman–Crippen LogP) is 4.06. The number of rotatable bonds is 7. The highest BCUT2D eigenvalue weighted by Crippen LogP contribution is 2.27. The molecule has 0 bridgehead atoms. The Kier molecular flexibility index (Phi) is 5.58. The van der Waals surface area contributed by atoms with Crippen molar-refractivity contribution in [1.82, 2.24) is 9.97 Å². The maximum absolute atomic E-state index is 5.38. The van der Waals surface area contributed by atoms with Crippen LogP contribution in [0.4, 0.5) is 17.5 Å². The molecular weight excluding hydrogens is 276 g/mol. The van der Waals surface area contributed by atoms with Crippen molar-refractivity contribution in [3.63, 3.8) is 0 Å². The maximum Gasteiger partial charge on any atom is 0.229 e. The summed E-state index contributed by atoms with van der Waals surface area (Å²) in [6.07, 6.45) is 2.28. The van der Waals surface area contributed by atoms with Gasteiger partial charge in [-0.2, -0.15) is 4.98 Å². The molecule has 22 heavy (non-hydrogen) atoms. The minimum atomic E-state index is 0.572. The Labute approximate surface area is 132 Å². The standard InChI is InChI=1S/C17H24N4O/c1-5-6-9-18-16-11-13(3)19-17(21-16)20-14-10-12(2)7-8-15(14)22-4/h7-8,10-11H,5-6,9H2,1-4H3,(H2,18,19,20,21). The van der Waals surface area contributed by atoms with Gasteiger partial charge in [-0.3, -0.25) is 0 Å². The van der Waals surface area contributed by atoms with Crippen LogP contribution in [0, 0.1) is 13.8 Å². The molecule has 0 radical (unpaired) electrons. The predicted molar refractivity (Wildman–Crippen MR) is 91.2 cm³/mol. The molecular formula is C17H24N4O. The number of nitrogens with one attached hydrogen (secondary N) is 2. The number of anilines is 3. The molecule has 118 valence electrons. The van der Waals surface area contributed by atoms with Crippen LogP contribution in [0.15, 0.2) is 24.3 Å². The molecule has 2 N–H and O–H groups in total. The summed E-state index contributed by atoms with van der Waals surface area (Å²) in [5.41, 5.74) is 2.94. The number of methoxy groups -OCH3 is 1. The second-order valence-electron chi connectivity index (χ2n) is 5.33. The summed E-state index contributed by atoms with van der Waals surface area (Å²) >= 11 is 0. The molecule has 5 heteroatoms. The van der Waals surface area contributed by atoms with Gasteiger partial charge in [-0.1, -0.05) is 19.4 Å². The first kappa shape index (κ1) is 16.1. The molecule has 5 nitrogen and oxygen atoms in total. The van der Waals surface area contributed by atoms with Crippen molar-refractivity contribution < 1.29 is 4.74 Å². The number of hydrogen-bond acceptors (Lipinski definition) is 5. The van der Waals surface area contributed by atoms with Gasteiger partial charge in [-0.15, -0.1) is 0 Å². The van der Waals surface area contributed by atoms with Gasteiger partial charge in [0.15, 0.2) is 0 Å². The van der Waals surface area contributed by atoms with Crippen LogP contribution in [0.25, 0.3) is 0 Å². The zero-order valence-corrected chi connectivity index (χ0v) is 13.7. The molecule has 0 aliphatic rings. The van der Waals surface area contributed by atoms with E-state index in [9.17, 15) is 0 Å². The van der Waals surface area contributed by atoms with Crippen molar-refractivity contribution in [3.05, 3.63) is 35.5 Å². The fraction of sp³-hybridized carbons (Fsp3) is 0.412. The molecule has 1 heterocycles. The van der Waals surface area contributed by atoms with E-state index < -0.39 is 0 Å². The van der Waals surface area contributed by atoms with Crippen LogP contribution in [-0.4, -0.2) is 23.6 Å². The van der Waals surface area contributed by atoms with E-state index in [1.807, 2.05) is 38.1 Å². The van der Waals surface area contributed by atoms with Gasteiger partial charge >= 0.3 is 0 Å². The summed E-state index contributed by atoms with van der Waals surface area (Å²) in [7, 11) is 1.66. The van der Waals surface area contributed by atoms with Crippen LogP contribution in [0.1, 0.15) is 31.0 Å². The largest absolute Gasteiger partial charge is 0.495 e. The van der Waals surface area contributed by atoms with Crippen molar-refractivity contribution in [2.75, 3.05) is 24.3 Å². The second kappa shape index (κ2) is 7.64. The third-order valence-corrected chi connectivity index (χ3v) is 3.29.